The van der Waals surface area contributed by atoms with Crippen LogP contribution in [0.15, 0.2) is 54.9 Å². The molecule has 0 aliphatic carbocycles. The molecule has 2 aromatic carbocycles. The largest absolute Gasteiger partial charge is 0.497 e. The summed E-state index contributed by atoms with van der Waals surface area (Å²) in [4.78, 5) is 8.47. The van der Waals surface area contributed by atoms with Crippen LogP contribution in [0, 0.1) is 5.41 Å². The first kappa shape index (κ1) is 20.6. The van der Waals surface area contributed by atoms with Gasteiger partial charge in [0.05, 0.1) is 18.4 Å². The number of ether oxygens (including phenoxy) is 2. The summed E-state index contributed by atoms with van der Waals surface area (Å²) >= 11 is 0. The summed E-state index contributed by atoms with van der Waals surface area (Å²) in [7, 11) is 1.62. The minimum atomic E-state index is 0.244. The number of nitrogens with two attached hydrogens (primary N) is 1. The molecule has 3 aromatic rings. The molecule has 0 radical (unpaired) electrons. The molecule has 8 heteroatoms. The topological polar surface area (TPSA) is 118 Å². The molecular formula is C23H26N6O2. The van der Waals surface area contributed by atoms with Gasteiger partial charge in [-0.2, -0.15) is 0 Å². The lowest BCUT2D eigenvalue weighted by atomic mass is 10.0. The lowest BCUT2D eigenvalue weighted by Gasteiger charge is -2.25. The third kappa shape index (κ3) is 4.92. The summed E-state index contributed by atoms with van der Waals surface area (Å²) in [6, 6.07) is 14.9. The van der Waals surface area contributed by atoms with E-state index in [4.69, 9.17) is 20.6 Å². The van der Waals surface area contributed by atoms with E-state index in [1.54, 1.807) is 7.11 Å². The Kier molecular flexibility index (Phi) is 6.28. The Hall–Kier alpha value is -3.65. The number of aromatic nitrogens is 2. The van der Waals surface area contributed by atoms with E-state index in [2.05, 4.69) is 20.6 Å². The van der Waals surface area contributed by atoms with Crippen molar-refractivity contribution >= 4 is 17.3 Å². The zero-order valence-corrected chi connectivity index (χ0v) is 17.4. The first-order chi connectivity index (χ1) is 15.1. The number of hydrogen-bond donors (Lipinski definition) is 4. The van der Waals surface area contributed by atoms with Gasteiger partial charge in [0.25, 0.3) is 0 Å². The van der Waals surface area contributed by atoms with E-state index in [0.29, 0.717) is 28.4 Å². The molecule has 0 amide bonds. The molecule has 4 rings (SSSR count). The Labute approximate surface area is 181 Å². The van der Waals surface area contributed by atoms with Crippen LogP contribution >= 0.6 is 0 Å². The highest BCUT2D eigenvalue weighted by atomic mass is 16.5. The van der Waals surface area contributed by atoms with Crippen molar-refractivity contribution in [2.45, 2.75) is 18.9 Å². The first-order valence-electron chi connectivity index (χ1n) is 10.2. The number of hydrogen-bond acceptors (Lipinski definition) is 8. The minimum absolute atomic E-state index is 0.244. The number of nitrogens with one attached hydrogen (secondary N) is 3. The van der Waals surface area contributed by atoms with E-state index in [0.717, 1.165) is 31.7 Å². The number of methoxy groups -OCH3 is 1. The summed E-state index contributed by atoms with van der Waals surface area (Å²) < 4.78 is 11.1. The molecule has 5 N–H and O–H groups in total. The monoisotopic (exact) mass is 418 g/mol. The number of anilines is 2. The summed E-state index contributed by atoms with van der Waals surface area (Å²) in [5, 5.41) is 15.5. The first-order valence-corrected chi connectivity index (χ1v) is 10.2. The van der Waals surface area contributed by atoms with Crippen molar-refractivity contribution < 1.29 is 9.47 Å². The molecule has 0 spiro atoms. The molecule has 1 atom stereocenters. The number of benzene rings is 2. The maximum absolute atomic E-state index is 8.74. The van der Waals surface area contributed by atoms with Crippen LogP contribution < -0.4 is 25.8 Å². The van der Waals surface area contributed by atoms with Crippen molar-refractivity contribution in [2.24, 2.45) is 0 Å². The van der Waals surface area contributed by atoms with Crippen molar-refractivity contribution in [1.29, 1.82) is 5.41 Å². The third-order valence-corrected chi connectivity index (χ3v) is 5.18. The van der Waals surface area contributed by atoms with Gasteiger partial charge in [0.1, 0.15) is 35.2 Å². The molecular weight excluding hydrogens is 392 g/mol. The van der Waals surface area contributed by atoms with Crippen molar-refractivity contribution in [3.8, 4) is 17.2 Å². The molecule has 0 bridgehead atoms. The van der Waals surface area contributed by atoms with Crippen molar-refractivity contribution in [2.75, 3.05) is 31.2 Å². The maximum atomic E-state index is 8.74. The summed E-state index contributed by atoms with van der Waals surface area (Å²) in [5.41, 5.74) is 7.61. The Bertz CT molecular complexity index is 1050. The van der Waals surface area contributed by atoms with Crippen LogP contribution in [0.25, 0.3) is 0 Å². The minimum Gasteiger partial charge on any atom is -0.497 e. The average molecular weight is 419 g/mol. The van der Waals surface area contributed by atoms with Crippen LogP contribution in [-0.4, -0.2) is 41.9 Å². The number of piperidine rings is 1. The third-order valence-electron chi connectivity index (χ3n) is 5.18. The second-order valence-corrected chi connectivity index (χ2v) is 7.35. The SMILES string of the molecule is COc1cccc(Oc2ccc(C(=N)c3c(N)ncnc3NC3CCCNC3)cc2)c1. The van der Waals surface area contributed by atoms with Crippen LogP contribution in [-0.2, 0) is 0 Å². The number of nitrogens with zero attached hydrogens (tertiary/aromatic N) is 2. The Balaban J connectivity index is 1.52. The fourth-order valence-corrected chi connectivity index (χ4v) is 3.56. The van der Waals surface area contributed by atoms with Crippen molar-refractivity contribution in [3.05, 3.63) is 66.0 Å². The second kappa shape index (κ2) is 9.44. The van der Waals surface area contributed by atoms with Crippen LogP contribution in [0.4, 0.5) is 11.6 Å². The number of rotatable bonds is 7. The van der Waals surface area contributed by atoms with Crippen molar-refractivity contribution in [3.63, 3.8) is 0 Å². The molecule has 8 nitrogen and oxygen atoms in total. The zero-order chi connectivity index (χ0) is 21.6. The predicted molar refractivity (Wildman–Crippen MR) is 121 cm³/mol. The molecule has 2 heterocycles. The smallest absolute Gasteiger partial charge is 0.141 e. The van der Waals surface area contributed by atoms with Gasteiger partial charge in [-0.05, 0) is 55.8 Å². The Morgan fingerprint density at radius 3 is 2.68 bits per heavy atom. The molecule has 1 aliphatic rings. The Morgan fingerprint density at radius 1 is 1.13 bits per heavy atom. The van der Waals surface area contributed by atoms with Gasteiger partial charge in [-0.15, -0.1) is 0 Å². The van der Waals surface area contributed by atoms with Gasteiger partial charge in [0.15, 0.2) is 0 Å². The van der Waals surface area contributed by atoms with Crippen LogP contribution in [0.3, 0.4) is 0 Å². The normalized spacial score (nSPS) is 15.8. The van der Waals surface area contributed by atoms with Gasteiger partial charge in [0, 0.05) is 24.2 Å². The molecule has 1 saturated heterocycles. The molecule has 0 saturated carbocycles. The van der Waals surface area contributed by atoms with E-state index < -0.39 is 0 Å². The summed E-state index contributed by atoms with van der Waals surface area (Å²) in [6.07, 6.45) is 3.57. The van der Waals surface area contributed by atoms with Crippen LogP contribution in [0.2, 0.25) is 0 Å². The van der Waals surface area contributed by atoms with Crippen LogP contribution in [0.5, 0.6) is 17.2 Å². The lowest BCUT2D eigenvalue weighted by molar-refractivity contribution is 0.409. The zero-order valence-electron chi connectivity index (χ0n) is 17.4. The quantitative estimate of drug-likeness (QED) is 0.434. The van der Waals surface area contributed by atoms with E-state index >= 15 is 0 Å². The van der Waals surface area contributed by atoms with Crippen LogP contribution in [0.1, 0.15) is 24.0 Å². The highest BCUT2D eigenvalue weighted by molar-refractivity contribution is 6.16. The van der Waals surface area contributed by atoms with Gasteiger partial charge >= 0.3 is 0 Å². The van der Waals surface area contributed by atoms with E-state index in [-0.39, 0.29) is 17.6 Å². The maximum Gasteiger partial charge on any atom is 0.141 e. The van der Waals surface area contributed by atoms with Crippen molar-refractivity contribution in [1.82, 2.24) is 15.3 Å². The highest BCUT2D eigenvalue weighted by Crippen LogP contribution is 2.27. The average Bonchev–Trinajstić information content (AvgIpc) is 2.80. The molecule has 1 aromatic heterocycles. The molecule has 160 valence electrons. The standard InChI is InChI=1S/C23H26N6O2/c1-30-18-5-2-6-19(12-18)31-17-9-7-15(8-10-17)21(24)20-22(25)27-14-28-23(20)29-16-4-3-11-26-13-16/h2,5-10,12,14,16,24,26H,3-4,11,13H2,1H3,(H3,25,27,28,29). The van der Waals surface area contributed by atoms with E-state index in [1.807, 2.05) is 48.5 Å². The fourth-order valence-electron chi connectivity index (χ4n) is 3.56. The fraction of sp³-hybridized carbons (Fsp3) is 0.261. The number of nitrogen functional groups attached to an aromatic ring is 1. The van der Waals surface area contributed by atoms with Gasteiger partial charge in [-0.25, -0.2) is 9.97 Å². The van der Waals surface area contributed by atoms with Gasteiger partial charge in [0.2, 0.25) is 0 Å². The summed E-state index contributed by atoms with van der Waals surface area (Å²) in [6.45, 7) is 1.88. The Morgan fingerprint density at radius 2 is 1.94 bits per heavy atom. The van der Waals surface area contributed by atoms with E-state index in [9.17, 15) is 0 Å². The molecule has 1 aliphatic heterocycles. The lowest BCUT2D eigenvalue weighted by Crippen LogP contribution is -2.39. The van der Waals surface area contributed by atoms with E-state index in [1.165, 1.54) is 6.33 Å². The highest BCUT2D eigenvalue weighted by Gasteiger charge is 2.20. The predicted octanol–water partition coefficient (Wildman–Crippen LogP) is 3.44. The van der Waals surface area contributed by atoms with Gasteiger partial charge in [-0.3, -0.25) is 5.41 Å². The molecule has 31 heavy (non-hydrogen) atoms. The van der Waals surface area contributed by atoms with Gasteiger partial charge in [-0.1, -0.05) is 6.07 Å². The second-order valence-electron chi connectivity index (χ2n) is 7.35. The van der Waals surface area contributed by atoms with Gasteiger partial charge < -0.3 is 25.8 Å². The molecule has 1 fully saturated rings. The summed E-state index contributed by atoms with van der Waals surface area (Å²) in [5.74, 6) is 2.93. The molecule has 1 unspecified atom stereocenters.